The van der Waals surface area contributed by atoms with Crippen LogP contribution in [0.3, 0.4) is 0 Å². The van der Waals surface area contributed by atoms with Crippen molar-refractivity contribution in [1.29, 1.82) is 0 Å². The van der Waals surface area contributed by atoms with E-state index < -0.39 is 19.0 Å². The molecule has 0 bridgehead atoms. The summed E-state index contributed by atoms with van der Waals surface area (Å²) < 4.78 is 40.5. The number of pyridine rings is 1. The first-order valence-corrected chi connectivity index (χ1v) is 4.40. The molecule has 0 unspecified atom stereocenters. The highest BCUT2D eigenvalue weighted by Gasteiger charge is 2.01. The molecule has 1 heterocycles. The fourth-order valence-corrected chi connectivity index (χ4v) is 0.952. The van der Waals surface area contributed by atoms with E-state index in [0.717, 1.165) is 0 Å². The SMILES string of the molecule is Fc1cc(NCCOCC(F)F)ccn1. The van der Waals surface area contributed by atoms with E-state index in [9.17, 15) is 13.2 Å². The van der Waals surface area contributed by atoms with Crippen LogP contribution in [0.4, 0.5) is 18.9 Å². The summed E-state index contributed by atoms with van der Waals surface area (Å²) in [4.78, 5) is 3.37. The Morgan fingerprint density at radius 1 is 1.47 bits per heavy atom. The highest BCUT2D eigenvalue weighted by atomic mass is 19.3. The Morgan fingerprint density at radius 2 is 2.27 bits per heavy atom. The number of hydrogen-bond acceptors (Lipinski definition) is 3. The van der Waals surface area contributed by atoms with Gasteiger partial charge in [0.05, 0.1) is 6.61 Å². The summed E-state index contributed by atoms with van der Waals surface area (Å²) in [5, 5.41) is 2.81. The van der Waals surface area contributed by atoms with E-state index in [1.54, 1.807) is 6.07 Å². The van der Waals surface area contributed by atoms with Gasteiger partial charge in [0, 0.05) is 24.5 Å². The summed E-state index contributed by atoms with van der Waals surface area (Å²) in [7, 11) is 0. The van der Waals surface area contributed by atoms with Crippen LogP contribution in [-0.2, 0) is 4.74 Å². The molecule has 1 rings (SSSR count). The lowest BCUT2D eigenvalue weighted by Gasteiger charge is -2.06. The number of rotatable bonds is 6. The lowest BCUT2D eigenvalue weighted by atomic mass is 10.4. The van der Waals surface area contributed by atoms with Crippen LogP contribution in [0.25, 0.3) is 0 Å². The summed E-state index contributed by atoms with van der Waals surface area (Å²) >= 11 is 0. The first kappa shape index (κ1) is 11.8. The van der Waals surface area contributed by atoms with Crippen molar-refractivity contribution in [3.8, 4) is 0 Å². The van der Waals surface area contributed by atoms with Crippen molar-refractivity contribution in [2.75, 3.05) is 25.1 Å². The number of aromatic nitrogens is 1. The van der Waals surface area contributed by atoms with E-state index in [0.29, 0.717) is 12.2 Å². The number of ether oxygens (including phenoxy) is 1. The number of anilines is 1. The lowest BCUT2D eigenvalue weighted by Crippen LogP contribution is -2.13. The first-order valence-electron chi connectivity index (χ1n) is 4.40. The Kier molecular flexibility index (Phi) is 4.89. The van der Waals surface area contributed by atoms with Gasteiger partial charge in [0.1, 0.15) is 6.61 Å². The molecule has 0 fully saturated rings. The smallest absolute Gasteiger partial charge is 0.261 e. The minimum Gasteiger partial charge on any atom is -0.383 e. The maximum absolute atomic E-state index is 12.6. The van der Waals surface area contributed by atoms with Crippen molar-refractivity contribution in [2.24, 2.45) is 0 Å². The van der Waals surface area contributed by atoms with Crippen LogP contribution >= 0.6 is 0 Å². The maximum atomic E-state index is 12.6. The van der Waals surface area contributed by atoms with E-state index in [1.165, 1.54) is 12.3 Å². The Hall–Kier alpha value is -1.30. The molecule has 0 spiro atoms. The molecule has 84 valence electrons. The van der Waals surface area contributed by atoms with Gasteiger partial charge in [-0.05, 0) is 6.07 Å². The van der Waals surface area contributed by atoms with Crippen molar-refractivity contribution in [1.82, 2.24) is 4.98 Å². The molecular weight excluding hydrogens is 209 g/mol. The summed E-state index contributed by atoms with van der Waals surface area (Å²) in [5.74, 6) is -0.589. The molecule has 0 amide bonds. The molecule has 0 saturated carbocycles. The largest absolute Gasteiger partial charge is 0.383 e. The standard InChI is InChI=1S/C9H11F3N2O/c10-8(11)6-15-4-3-13-7-1-2-14-9(12)5-7/h1-2,5,8H,3-4,6H2,(H,13,14). The van der Waals surface area contributed by atoms with Gasteiger partial charge in [-0.2, -0.15) is 4.39 Å². The van der Waals surface area contributed by atoms with E-state index >= 15 is 0 Å². The highest BCUT2D eigenvalue weighted by Crippen LogP contribution is 2.05. The van der Waals surface area contributed by atoms with E-state index in [4.69, 9.17) is 0 Å². The first-order chi connectivity index (χ1) is 7.18. The van der Waals surface area contributed by atoms with Crippen LogP contribution in [0.15, 0.2) is 18.3 Å². The van der Waals surface area contributed by atoms with E-state index in [-0.39, 0.29) is 6.61 Å². The number of halogens is 3. The zero-order valence-electron chi connectivity index (χ0n) is 7.92. The number of nitrogens with one attached hydrogen (secondary N) is 1. The fraction of sp³-hybridized carbons (Fsp3) is 0.444. The summed E-state index contributed by atoms with van der Waals surface area (Å²) in [6.45, 7) is -0.0865. The van der Waals surface area contributed by atoms with Gasteiger partial charge in [0.25, 0.3) is 6.43 Å². The van der Waals surface area contributed by atoms with Crippen LogP contribution < -0.4 is 5.32 Å². The Balaban J connectivity index is 2.15. The third kappa shape index (κ3) is 5.21. The van der Waals surface area contributed by atoms with Gasteiger partial charge in [0.2, 0.25) is 5.95 Å². The summed E-state index contributed by atoms with van der Waals surface area (Å²) in [6.07, 6.45) is -1.14. The number of hydrogen-bond donors (Lipinski definition) is 1. The van der Waals surface area contributed by atoms with Crippen LogP contribution in [0.1, 0.15) is 0 Å². The molecule has 15 heavy (non-hydrogen) atoms. The Bertz CT molecular complexity index is 296. The molecule has 1 aromatic heterocycles. The molecule has 1 N–H and O–H groups in total. The van der Waals surface area contributed by atoms with Crippen molar-refractivity contribution in [2.45, 2.75) is 6.43 Å². The molecule has 0 aliphatic carbocycles. The van der Waals surface area contributed by atoms with Crippen LogP contribution in [0, 0.1) is 5.95 Å². The summed E-state index contributed by atoms with van der Waals surface area (Å²) in [6, 6.07) is 2.79. The second-order valence-corrected chi connectivity index (χ2v) is 2.76. The molecule has 0 saturated heterocycles. The predicted molar refractivity (Wildman–Crippen MR) is 49.5 cm³/mol. The highest BCUT2D eigenvalue weighted by molar-refractivity contribution is 5.40. The van der Waals surface area contributed by atoms with Crippen molar-refractivity contribution >= 4 is 5.69 Å². The van der Waals surface area contributed by atoms with E-state index in [2.05, 4.69) is 15.0 Å². The minimum absolute atomic E-state index is 0.147. The van der Waals surface area contributed by atoms with E-state index in [1.807, 2.05) is 0 Å². The van der Waals surface area contributed by atoms with Gasteiger partial charge < -0.3 is 10.1 Å². The number of alkyl halides is 2. The second-order valence-electron chi connectivity index (χ2n) is 2.76. The molecule has 0 aliphatic heterocycles. The zero-order chi connectivity index (χ0) is 11.1. The third-order valence-electron chi connectivity index (χ3n) is 1.55. The Morgan fingerprint density at radius 3 is 2.93 bits per heavy atom. The predicted octanol–water partition coefficient (Wildman–Crippen LogP) is 1.91. The van der Waals surface area contributed by atoms with Crippen molar-refractivity contribution in [3.63, 3.8) is 0 Å². The molecule has 0 atom stereocenters. The van der Waals surface area contributed by atoms with Crippen molar-refractivity contribution < 1.29 is 17.9 Å². The quantitative estimate of drug-likeness (QED) is 0.587. The van der Waals surface area contributed by atoms with Gasteiger partial charge in [-0.3, -0.25) is 0 Å². The number of nitrogens with zero attached hydrogens (tertiary/aromatic N) is 1. The van der Waals surface area contributed by atoms with Gasteiger partial charge in [-0.15, -0.1) is 0 Å². The lowest BCUT2D eigenvalue weighted by molar-refractivity contribution is 0.0215. The van der Waals surface area contributed by atoms with Gasteiger partial charge >= 0.3 is 0 Å². The van der Waals surface area contributed by atoms with Gasteiger partial charge in [-0.1, -0.05) is 0 Å². The van der Waals surface area contributed by atoms with Crippen LogP contribution in [-0.4, -0.2) is 31.2 Å². The molecule has 1 aromatic rings. The van der Waals surface area contributed by atoms with Gasteiger partial charge in [0.15, 0.2) is 0 Å². The molecule has 0 radical (unpaired) electrons. The summed E-state index contributed by atoms with van der Waals surface area (Å²) in [5.41, 5.74) is 0.545. The topological polar surface area (TPSA) is 34.1 Å². The minimum atomic E-state index is -2.46. The average molecular weight is 220 g/mol. The van der Waals surface area contributed by atoms with Crippen LogP contribution in [0.2, 0.25) is 0 Å². The van der Waals surface area contributed by atoms with Gasteiger partial charge in [-0.25, -0.2) is 13.8 Å². The molecule has 6 heteroatoms. The van der Waals surface area contributed by atoms with Crippen molar-refractivity contribution in [3.05, 3.63) is 24.3 Å². The maximum Gasteiger partial charge on any atom is 0.261 e. The zero-order valence-corrected chi connectivity index (χ0v) is 7.92. The molecule has 0 aliphatic rings. The fourth-order valence-electron chi connectivity index (χ4n) is 0.952. The monoisotopic (exact) mass is 220 g/mol. The average Bonchev–Trinajstić information content (AvgIpc) is 2.17. The molecule has 3 nitrogen and oxygen atoms in total. The Labute approximate surface area is 85.3 Å². The molecule has 0 aromatic carbocycles. The normalized spacial score (nSPS) is 10.7. The third-order valence-corrected chi connectivity index (χ3v) is 1.55. The van der Waals surface area contributed by atoms with Crippen LogP contribution in [0.5, 0.6) is 0 Å². The second kappa shape index (κ2) is 6.23. The molecular formula is C9H11F3N2O.